The van der Waals surface area contributed by atoms with E-state index in [1.54, 1.807) is 0 Å². The lowest BCUT2D eigenvalue weighted by atomic mass is 9.92. The smallest absolute Gasteiger partial charge is 0.412 e. The topological polar surface area (TPSA) is 85.5 Å². The second-order valence-corrected chi connectivity index (χ2v) is 10.4. The molecule has 1 saturated heterocycles. The van der Waals surface area contributed by atoms with Crippen molar-refractivity contribution in [1.29, 1.82) is 5.26 Å². The van der Waals surface area contributed by atoms with Crippen LogP contribution >= 0.6 is 0 Å². The molecule has 2 aliphatic carbocycles. The molecule has 0 bridgehead atoms. The number of carbonyl (C=O) groups excluding carboxylic acids is 1. The fourth-order valence-electron chi connectivity index (χ4n) is 5.83. The SMILES string of the molecule is N#Cc1c(-c2ccc(OC(=O)NC3CCCC3)cc2)n(C2CCC2)c2cc(OC3CCOCC3)ccc12. The summed E-state index contributed by atoms with van der Waals surface area (Å²) < 4.78 is 19.6. The van der Waals surface area contributed by atoms with Crippen molar-refractivity contribution in [1.82, 2.24) is 9.88 Å². The number of nitriles is 1. The highest BCUT2D eigenvalue weighted by molar-refractivity contribution is 5.95. The first-order valence-electron chi connectivity index (χ1n) is 13.6. The lowest BCUT2D eigenvalue weighted by Gasteiger charge is -2.30. The maximum atomic E-state index is 12.3. The maximum Gasteiger partial charge on any atom is 0.412 e. The van der Waals surface area contributed by atoms with Crippen LogP contribution in [0.3, 0.4) is 0 Å². The number of ether oxygens (including phenoxy) is 3. The van der Waals surface area contributed by atoms with Crippen molar-refractivity contribution in [2.45, 2.75) is 76.0 Å². The Morgan fingerprint density at radius 3 is 2.35 bits per heavy atom. The molecule has 3 aliphatic rings. The number of amides is 1. The van der Waals surface area contributed by atoms with Gasteiger partial charge in [-0.2, -0.15) is 5.26 Å². The van der Waals surface area contributed by atoms with Crippen LogP contribution in [0.5, 0.6) is 11.5 Å². The van der Waals surface area contributed by atoms with Gasteiger partial charge in [-0.3, -0.25) is 0 Å². The molecule has 3 fully saturated rings. The first kappa shape index (κ1) is 23.9. The number of nitrogens with zero attached hydrogens (tertiary/aromatic N) is 2. The van der Waals surface area contributed by atoms with E-state index in [0.717, 1.165) is 92.5 Å². The molecule has 3 aromatic rings. The van der Waals surface area contributed by atoms with Crippen LogP contribution in [0.1, 0.15) is 69.4 Å². The van der Waals surface area contributed by atoms with Crippen molar-refractivity contribution in [3.63, 3.8) is 0 Å². The van der Waals surface area contributed by atoms with Crippen molar-refractivity contribution in [2.75, 3.05) is 13.2 Å². The van der Waals surface area contributed by atoms with Crippen LogP contribution in [0.25, 0.3) is 22.2 Å². The van der Waals surface area contributed by atoms with Gasteiger partial charge in [0.25, 0.3) is 0 Å². The molecule has 192 valence electrons. The fraction of sp³-hybridized carbons (Fsp3) is 0.467. The van der Waals surface area contributed by atoms with Gasteiger partial charge in [-0.05, 0) is 74.1 Å². The zero-order valence-corrected chi connectivity index (χ0v) is 21.1. The summed E-state index contributed by atoms with van der Waals surface area (Å²) in [6.07, 6.45) is 9.24. The van der Waals surface area contributed by atoms with Gasteiger partial charge in [-0.1, -0.05) is 12.8 Å². The molecule has 2 aromatic carbocycles. The first-order valence-corrected chi connectivity index (χ1v) is 13.6. The fourth-order valence-corrected chi connectivity index (χ4v) is 5.83. The van der Waals surface area contributed by atoms with Crippen molar-refractivity contribution in [3.8, 4) is 28.8 Å². The van der Waals surface area contributed by atoms with Crippen LogP contribution in [-0.4, -0.2) is 36.0 Å². The minimum atomic E-state index is -0.405. The highest BCUT2D eigenvalue weighted by Gasteiger charge is 2.28. The van der Waals surface area contributed by atoms with Gasteiger partial charge in [0.05, 0.1) is 30.0 Å². The average molecular weight is 500 g/mol. The third-order valence-electron chi connectivity index (χ3n) is 8.01. The summed E-state index contributed by atoms with van der Waals surface area (Å²) >= 11 is 0. The molecule has 6 rings (SSSR count). The van der Waals surface area contributed by atoms with Gasteiger partial charge in [-0.15, -0.1) is 0 Å². The van der Waals surface area contributed by atoms with E-state index in [9.17, 15) is 10.1 Å². The van der Waals surface area contributed by atoms with Crippen molar-refractivity contribution in [3.05, 3.63) is 48.0 Å². The molecule has 1 amide bonds. The lowest BCUT2D eigenvalue weighted by Crippen LogP contribution is -2.34. The number of hydrogen-bond donors (Lipinski definition) is 1. The van der Waals surface area contributed by atoms with E-state index in [0.29, 0.717) is 17.4 Å². The first-order chi connectivity index (χ1) is 18.2. The summed E-state index contributed by atoms with van der Waals surface area (Å²) in [5.41, 5.74) is 3.58. The van der Waals surface area contributed by atoms with E-state index < -0.39 is 6.09 Å². The zero-order chi connectivity index (χ0) is 25.2. The summed E-state index contributed by atoms with van der Waals surface area (Å²) in [6, 6.07) is 16.7. The molecular formula is C30H33N3O4. The Hall–Kier alpha value is -3.50. The van der Waals surface area contributed by atoms with Crippen molar-refractivity contribution < 1.29 is 19.0 Å². The number of benzene rings is 2. The summed E-state index contributed by atoms with van der Waals surface area (Å²) in [5.74, 6) is 1.33. The summed E-state index contributed by atoms with van der Waals surface area (Å²) in [4.78, 5) is 12.3. The van der Waals surface area contributed by atoms with Crippen LogP contribution in [0.4, 0.5) is 4.79 Å². The minimum absolute atomic E-state index is 0.159. The van der Waals surface area contributed by atoms with Gasteiger partial charge in [-0.25, -0.2) is 4.79 Å². The molecule has 2 saturated carbocycles. The predicted octanol–water partition coefficient (Wildman–Crippen LogP) is 6.49. The third-order valence-corrected chi connectivity index (χ3v) is 8.01. The van der Waals surface area contributed by atoms with Crippen LogP contribution in [-0.2, 0) is 4.74 Å². The minimum Gasteiger partial charge on any atom is -0.490 e. The molecule has 0 radical (unpaired) electrons. The molecule has 0 unspecified atom stereocenters. The number of aromatic nitrogens is 1. The number of nitrogens with one attached hydrogen (secondary N) is 1. The quantitative estimate of drug-likeness (QED) is 0.419. The van der Waals surface area contributed by atoms with E-state index in [1.165, 1.54) is 6.42 Å². The molecule has 7 heteroatoms. The van der Waals surface area contributed by atoms with Crippen LogP contribution < -0.4 is 14.8 Å². The molecular weight excluding hydrogens is 466 g/mol. The number of carbonyl (C=O) groups is 1. The monoisotopic (exact) mass is 499 g/mol. The summed E-state index contributed by atoms with van der Waals surface area (Å²) in [5, 5.41) is 14.1. The summed E-state index contributed by atoms with van der Waals surface area (Å²) in [7, 11) is 0. The Kier molecular flexibility index (Phi) is 6.75. The zero-order valence-electron chi connectivity index (χ0n) is 21.1. The molecule has 1 N–H and O–H groups in total. The normalized spacial score (nSPS) is 18.9. The standard InChI is InChI=1S/C30H33N3O4/c31-19-27-26-13-12-25(36-24-14-16-35-17-15-24)18-28(26)33(22-6-3-7-22)29(27)20-8-10-23(11-9-20)37-30(34)32-21-4-1-2-5-21/h8-13,18,21-22,24H,1-7,14-17H2,(H,32,34). The van der Waals surface area contributed by atoms with Gasteiger partial charge < -0.3 is 24.1 Å². The Labute approximate surface area is 217 Å². The highest BCUT2D eigenvalue weighted by atomic mass is 16.6. The van der Waals surface area contributed by atoms with Gasteiger partial charge in [0, 0.05) is 36.4 Å². The van der Waals surface area contributed by atoms with Gasteiger partial charge >= 0.3 is 6.09 Å². The van der Waals surface area contributed by atoms with E-state index >= 15 is 0 Å². The number of hydrogen-bond acceptors (Lipinski definition) is 5. The van der Waals surface area contributed by atoms with E-state index in [4.69, 9.17) is 14.2 Å². The van der Waals surface area contributed by atoms with E-state index in [-0.39, 0.29) is 12.1 Å². The molecule has 37 heavy (non-hydrogen) atoms. The Bertz CT molecular complexity index is 1310. The van der Waals surface area contributed by atoms with Gasteiger partial charge in [0.1, 0.15) is 23.7 Å². The molecule has 1 aromatic heterocycles. The van der Waals surface area contributed by atoms with Crippen LogP contribution in [0, 0.1) is 11.3 Å². The molecule has 2 heterocycles. The largest absolute Gasteiger partial charge is 0.490 e. The van der Waals surface area contributed by atoms with E-state index in [2.05, 4.69) is 22.0 Å². The number of rotatable bonds is 6. The highest BCUT2D eigenvalue weighted by Crippen LogP contribution is 2.43. The van der Waals surface area contributed by atoms with Gasteiger partial charge in [0.2, 0.25) is 0 Å². The number of fused-ring (bicyclic) bond motifs is 1. The average Bonchev–Trinajstić information content (AvgIpc) is 3.50. The molecule has 0 atom stereocenters. The van der Waals surface area contributed by atoms with Crippen molar-refractivity contribution >= 4 is 17.0 Å². The Morgan fingerprint density at radius 1 is 0.946 bits per heavy atom. The Morgan fingerprint density at radius 2 is 1.68 bits per heavy atom. The van der Waals surface area contributed by atoms with Gasteiger partial charge in [0.15, 0.2) is 0 Å². The van der Waals surface area contributed by atoms with E-state index in [1.807, 2.05) is 36.4 Å². The second kappa shape index (κ2) is 10.5. The maximum absolute atomic E-state index is 12.3. The molecule has 7 nitrogen and oxygen atoms in total. The predicted molar refractivity (Wildman–Crippen MR) is 141 cm³/mol. The summed E-state index contributed by atoms with van der Waals surface area (Å²) in [6.45, 7) is 1.46. The second-order valence-electron chi connectivity index (χ2n) is 10.4. The Balaban J connectivity index is 1.31. The van der Waals surface area contributed by atoms with Crippen LogP contribution in [0.15, 0.2) is 42.5 Å². The van der Waals surface area contributed by atoms with Crippen molar-refractivity contribution in [2.24, 2.45) is 0 Å². The van der Waals surface area contributed by atoms with Crippen LogP contribution in [0.2, 0.25) is 0 Å². The molecule has 0 spiro atoms. The third kappa shape index (κ3) is 4.91. The lowest BCUT2D eigenvalue weighted by molar-refractivity contribution is 0.0256. The molecule has 1 aliphatic heterocycles.